The summed E-state index contributed by atoms with van der Waals surface area (Å²) < 4.78 is 16.3. The van der Waals surface area contributed by atoms with Crippen molar-refractivity contribution in [2.45, 2.75) is 110 Å². The van der Waals surface area contributed by atoms with Gasteiger partial charge in [0.1, 0.15) is 0 Å². The lowest BCUT2D eigenvalue weighted by Gasteiger charge is -2.22. The predicted molar refractivity (Wildman–Crippen MR) is 150 cm³/mol. The van der Waals surface area contributed by atoms with Crippen molar-refractivity contribution in [3.8, 4) is 0 Å². The predicted octanol–water partition coefficient (Wildman–Crippen LogP) is 6.01. The first-order chi connectivity index (χ1) is 16.8. The van der Waals surface area contributed by atoms with E-state index in [1.54, 1.807) is 0 Å². The standard InChI is InChI=1S/C28H59NO5.ClH/c1-2-3-4-5-6-7-8-9-10-11-12-13-14-15-16-17-18-29(19-23-32-25-21-30)20-24-33-27-28-34-26-22-31;/h30-31H,2-28H2,1H3;1H. The molecule has 0 radical (unpaired) electrons. The topological polar surface area (TPSA) is 71.4 Å². The van der Waals surface area contributed by atoms with Gasteiger partial charge in [0.25, 0.3) is 0 Å². The van der Waals surface area contributed by atoms with Crippen molar-refractivity contribution in [2.75, 3.05) is 72.5 Å². The van der Waals surface area contributed by atoms with E-state index in [-0.39, 0.29) is 25.6 Å². The Morgan fingerprint density at radius 2 is 0.771 bits per heavy atom. The molecule has 0 aliphatic rings. The number of hydrogen-bond donors (Lipinski definition) is 2. The molecular formula is C28H60ClNO5. The Bertz CT molecular complexity index is 366. The minimum atomic E-state index is 0. The summed E-state index contributed by atoms with van der Waals surface area (Å²) >= 11 is 0. The van der Waals surface area contributed by atoms with Gasteiger partial charge >= 0.3 is 0 Å². The number of halogens is 1. The highest BCUT2D eigenvalue weighted by Crippen LogP contribution is 2.13. The minimum absolute atomic E-state index is 0. The maximum atomic E-state index is 8.87. The number of ether oxygens (including phenoxy) is 3. The monoisotopic (exact) mass is 525 g/mol. The molecule has 0 rings (SSSR count). The van der Waals surface area contributed by atoms with Crippen LogP contribution in [0.25, 0.3) is 0 Å². The SMILES string of the molecule is CCCCCCCCCCCCCCCCCCN(CCOCCO)CCOCCOCCO.Cl. The van der Waals surface area contributed by atoms with Crippen LogP contribution in [-0.2, 0) is 14.2 Å². The Balaban J connectivity index is 0. The van der Waals surface area contributed by atoms with Crippen LogP contribution in [0.3, 0.4) is 0 Å². The van der Waals surface area contributed by atoms with E-state index < -0.39 is 0 Å². The Kier molecular flexibility index (Phi) is 36.2. The van der Waals surface area contributed by atoms with Gasteiger partial charge in [0.05, 0.1) is 52.9 Å². The first kappa shape index (κ1) is 37.2. The molecule has 0 heterocycles. The molecule has 0 saturated heterocycles. The molecule has 0 spiro atoms. The Morgan fingerprint density at radius 3 is 1.17 bits per heavy atom. The van der Waals surface area contributed by atoms with Crippen LogP contribution < -0.4 is 0 Å². The molecule has 2 N–H and O–H groups in total. The van der Waals surface area contributed by atoms with Crippen molar-refractivity contribution in [1.82, 2.24) is 4.90 Å². The summed E-state index contributed by atoms with van der Waals surface area (Å²) in [5.41, 5.74) is 0. The van der Waals surface area contributed by atoms with Crippen LogP contribution in [0.2, 0.25) is 0 Å². The summed E-state index contributed by atoms with van der Waals surface area (Å²) in [5, 5.41) is 17.6. The molecule has 0 aliphatic carbocycles. The summed E-state index contributed by atoms with van der Waals surface area (Å²) in [6, 6.07) is 0. The molecule has 0 amide bonds. The average Bonchev–Trinajstić information content (AvgIpc) is 2.85. The fourth-order valence-electron chi connectivity index (χ4n) is 4.16. The highest BCUT2D eigenvalue weighted by atomic mass is 35.5. The second kappa shape index (κ2) is 34.0. The summed E-state index contributed by atoms with van der Waals surface area (Å²) in [5.74, 6) is 0. The van der Waals surface area contributed by atoms with Crippen molar-refractivity contribution in [1.29, 1.82) is 0 Å². The van der Waals surface area contributed by atoms with Crippen LogP contribution in [-0.4, -0.2) is 87.6 Å². The fourth-order valence-corrected chi connectivity index (χ4v) is 4.16. The summed E-state index contributed by atoms with van der Waals surface area (Å²) in [7, 11) is 0. The van der Waals surface area contributed by atoms with Crippen LogP contribution in [0.15, 0.2) is 0 Å². The number of rotatable bonds is 30. The molecular weight excluding hydrogens is 466 g/mol. The van der Waals surface area contributed by atoms with Gasteiger partial charge in [-0.05, 0) is 13.0 Å². The average molecular weight is 526 g/mol. The van der Waals surface area contributed by atoms with Crippen LogP contribution in [0.4, 0.5) is 0 Å². The number of aliphatic hydroxyl groups excluding tert-OH is 2. The second-order valence-electron chi connectivity index (χ2n) is 9.43. The van der Waals surface area contributed by atoms with Crippen LogP contribution >= 0.6 is 12.4 Å². The normalized spacial score (nSPS) is 11.3. The third-order valence-electron chi connectivity index (χ3n) is 6.27. The zero-order valence-electron chi connectivity index (χ0n) is 23.1. The minimum Gasteiger partial charge on any atom is -0.394 e. The highest BCUT2D eigenvalue weighted by Gasteiger charge is 2.05. The highest BCUT2D eigenvalue weighted by molar-refractivity contribution is 5.85. The van der Waals surface area contributed by atoms with Gasteiger partial charge in [-0.25, -0.2) is 0 Å². The largest absolute Gasteiger partial charge is 0.394 e. The molecule has 214 valence electrons. The molecule has 0 aliphatic heterocycles. The van der Waals surface area contributed by atoms with E-state index in [0.29, 0.717) is 39.6 Å². The number of hydrogen-bond acceptors (Lipinski definition) is 6. The van der Waals surface area contributed by atoms with Crippen molar-refractivity contribution in [3.63, 3.8) is 0 Å². The van der Waals surface area contributed by atoms with E-state index in [9.17, 15) is 0 Å². The molecule has 7 heteroatoms. The molecule has 0 aromatic carbocycles. The van der Waals surface area contributed by atoms with Crippen molar-refractivity contribution in [3.05, 3.63) is 0 Å². The molecule has 0 saturated carbocycles. The molecule has 0 atom stereocenters. The zero-order chi connectivity index (χ0) is 24.8. The van der Waals surface area contributed by atoms with Gasteiger partial charge in [-0.1, -0.05) is 103 Å². The lowest BCUT2D eigenvalue weighted by atomic mass is 10.0. The zero-order valence-corrected chi connectivity index (χ0v) is 23.9. The van der Waals surface area contributed by atoms with Crippen LogP contribution in [0.1, 0.15) is 110 Å². The van der Waals surface area contributed by atoms with Crippen molar-refractivity contribution >= 4 is 12.4 Å². The molecule has 0 aromatic rings. The van der Waals surface area contributed by atoms with Gasteiger partial charge in [0.15, 0.2) is 0 Å². The van der Waals surface area contributed by atoms with Crippen LogP contribution in [0, 0.1) is 0 Å². The second-order valence-corrected chi connectivity index (χ2v) is 9.43. The third kappa shape index (κ3) is 32.0. The van der Waals surface area contributed by atoms with Gasteiger partial charge in [0.2, 0.25) is 0 Å². The molecule has 0 fully saturated rings. The maximum Gasteiger partial charge on any atom is 0.0701 e. The lowest BCUT2D eigenvalue weighted by Crippen LogP contribution is -2.32. The summed E-state index contributed by atoms with van der Waals surface area (Å²) in [6.07, 6.45) is 22.3. The van der Waals surface area contributed by atoms with E-state index in [0.717, 1.165) is 19.6 Å². The Labute approximate surface area is 223 Å². The van der Waals surface area contributed by atoms with Gasteiger partial charge in [0, 0.05) is 13.1 Å². The first-order valence-corrected chi connectivity index (χ1v) is 14.5. The summed E-state index contributed by atoms with van der Waals surface area (Å²) in [6.45, 7) is 8.47. The molecule has 0 unspecified atom stereocenters. The van der Waals surface area contributed by atoms with Gasteiger partial charge < -0.3 is 24.4 Å². The number of nitrogens with zero attached hydrogens (tertiary/aromatic N) is 1. The van der Waals surface area contributed by atoms with Gasteiger partial charge in [-0.15, -0.1) is 12.4 Å². The maximum absolute atomic E-state index is 8.87. The van der Waals surface area contributed by atoms with Gasteiger partial charge in [-0.2, -0.15) is 0 Å². The Hall–Kier alpha value is 0.0500. The molecule has 0 aromatic heterocycles. The van der Waals surface area contributed by atoms with E-state index in [1.165, 1.54) is 103 Å². The third-order valence-corrected chi connectivity index (χ3v) is 6.27. The van der Waals surface area contributed by atoms with E-state index in [1.807, 2.05) is 0 Å². The molecule has 6 nitrogen and oxygen atoms in total. The van der Waals surface area contributed by atoms with Gasteiger partial charge in [-0.3, -0.25) is 4.90 Å². The Morgan fingerprint density at radius 1 is 0.429 bits per heavy atom. The number of unbranched alkanes of at least 4 members (excludes halogenated alkanes) is 15. The number of aliphatic hydroxyl groups is 2. The smallest absolute Gasteiger partial charge is 0.0701 e. The van der Waals surface area contributed by atoms with E-state index in [2.05, 4.69) is 11.8 Å². The van der Waals surface area contributed by atoms with Crippen LogP contribution in [0.5, 0.6) is 0 Å². The fraction of sp³-hybridized carbons (Fsp3) is 1.00. The first-order valence-electron chi connectivity index (χ1n) is 14.5. The van der Waals surface area contributed by atoms with E-state index in [4.69, 9.17) is 24.4 Å². The quantitative estimate of drug-likeness (QED) is 0.112. The lowest BCUT2D eigenvalue weighted by molar-refractivity contribution is 0.0218. The summed E-state index contributed by atoms with van der Waals surface area (Å²) in [4.78, 5) is 2.40. The van der Waals surface area contributed by atoms with Crippen molar-refractivity contribution < 1.29 is 24.4 Å². The molecule has 0 bridgehead atoms. The van der Waals surface area contributed by atoms with E-state index >= 15 is 0 Å². The van der Waals surface area contributed by atoms with Crippen molar-refractivity contribution in [2.24, 2.45) is 0 Å². The molecule has 35 heavy (non-hydrogen) atoms.